The van der Waals surface area contributed by atoms with Crippen LogP contribution in [0.5, 0.6) is 0 Å². The van der Waals surface area contributed by atoms with Crippen LogP contribution in [0.3, 0.4) is 0 Å². The van der Waals surface area contributed by atoms with Crippen molar-refractivity contribution < 1.29 is 27.9 Å². The summed E-state index contributed by atoms with van der Waals surface area (Å²) in [5, 5.41) is 10.6. The van der Waals surface area contributed by atoms with Crippen LogP contribution < -0.4 is 5.32 Å². The maximum absolute atomic E-state index is 12.4. The van der Waals surface area contributed by atoms with E-state index >= 15 is 0 Å². The number of aliphatic carboxylic acids is 1. The molecule has 1 aliphatic heterocycles. The van der Waals surface area contributed by atoms with Gasteiger partial charge in [0.15, 0.2) is 0 Å². The molecule has 122 valence electrons. The highest BCUT2D eigenvalue weighted by atomic mass is 19.4. The molecule has 7 heteroatoms. The highest BCUT2D eigenvalue weighted by molar-refractivity contribution is 5.80. The molecule has 2 N–H and O–H groups in total. The third kappa shape index (κ3) is 6.71. The Morgan fingerprint density at radius 3 is 2.32 bits per heavy atom. The first-order valence-corrected chi connectivity index (χ1v) is 6.79. The van der Waals surface area contributed by atoms with E-state index in [2.05, 4.69) is 5.32 Å². The second-order valence-electron chi connectivity index (χ2n) is 5.06. The smallest absolute Gasteiger partial charge is 0.416 e. The number of carboxylic acid groups (broad SMARTS) is 1. The monoisotopic (exact) mass is 317 g/mol. The molecule has 0 bridgehead atoms. The normalized spacial score (nSPS) is 18.4. The number of hydrogen-bond donors (Lipinski definition) is 2. The van der Waals surface area contributed by atoms with Gasteiger partial charge in [-0.15, -0.1) is 0 Å². The molecular weight excluding hydrogens is 299 g/mol. The van der Waals surface area contributed by atoms with Crippen LogP contribution in [-0.2, 0) is 22.2 Å². The summed E-state index contributed by atoms with van der Waals surface area (Å²) in [5.74, 6) is -0.620. The minimum atomic E-state index is -4.29. The molecule has 0 radical (unpaired) electrons. The second kappa shape index (κ2) is 7.93. The number of ketones is 1. The van der Waals surface area contributed by atoms with Gasteiger partial charge in [0.2, 0.25) is 0 Å². The van der Waals surface area contributed by atoms with Crippen molar-refractivity contribution in [1.29, 1.82) is 0 Å². The van der Waals surface area contributed by atoms with E-state index < -0.39 is 17.7 Å². The molecule has 0 spiro atoms. The first-order chi connectivity index (χ1) is 10.2. The van der Waals surface area contributed by atoms with Crippen LogP contribution in [0.2, 0.25) is 0 Å². The molecule has 1 unspecified atom stereocenters. The Morgan fingerprint density at radius 2 is 1.86 bits per heavy atom. The van der Waals surface area contributed by atoms with Crippen molar-refractivity contribution in [2.24, 2.45) is 0 Å². The summed E-state index contributed by atoms with van der Waals surface area (Å²) in [5.41, 5.74) is 0.175. The van der Waals surface area contributed by atoms with Gasteiger partial charge in [0.25, 0.3) is 5.97 Å². The van der Waals surface area contributed by atoms with E-state index in [0.717, 1.165) is 24.6 Å². The Bertz CT molecular complexity index is 508. The van der Waals surface area contributed by atoms with Crippen LogP contribution in [0, 0.1) is 0 Å². The summed E-state index contributed by atoms with van der Waals surface area (Å²) in [7, 11) is 0. The predicted octanol–water partition coefficient (Wildman–Crippen LogP) is 2.66. The number of piperidine rings is 1. The van der Waals surface area contributed by atoms with Crippen molar-refractivity contribution in [3.8, 4) is 0 Å². The van der Waals surface area contributed by atoms with Crippen LogP contribution in [-0.4, -0.2) is 29.4 Å². The third-order valence-corrected chi connectivity index (χ3v) is 3.07. The summed E-state index contributed by atoms with van der Waals surface area (Å²) < 4.78 is 37.1. The Morgan fingerprint density at radius 1 is 1.32 bits per heavy atom. The average Bonchev–Trinajstić information content (AvgIpc) is 2.37. The molecule has 1 saturated heterocycles. The maximum Gasteiger partial charge on any atom is 0.416 e. The second-order valence-corrected chi connectivity index (χ2v) is 5.06. The standard InChI is InChI=1S/C13H14F3NO.C2H4O2/c14-13(15,16)10-3-1-9(2-4-10)7-11-8-12(18)5-6-17-11;1-2(3)4/h1-4,11,17H,5-8H2;1H3,(H,3,4). The Kier molecular flexibility index (Phi) is 6.55. The molecule has 4 nitrogen and oxygen atoms in total. The topological polar surface area (TPSA) is 66.4 Å². The fraction of sp³-hybridized carbons (Fsp3) is 0.467. The number of hydrogen-bond acceptors (Lipinski definition) is 3. The van der Waals surface area contributed by atoms with Gasteiger partial charge in [-0.05, 0) is 24.1 Å². The first-order valence-electron chi connectivity index (χ1n) is 6.79. The quantitative estimate of drug-likeness (QED) is 0.880. The van der Waals surface area contributed by atoms with Crippen LogP contribution >= 0.6 is 0 Å². The molecule has 0 aromatic heterocycles. The molecule has 0 saturated carbocycles. The minimum Gasteiger partial charge on any atom is -0.481 e. The lowest BCUT2D eigenvalue weighted by atomic mass is 9.96. The van der Waals surface area contributed by atoms with E-state index in [1.807, 2.05) is 0 Å². The van der Waals surface area contributed by atoms with E-state index in [0.29, 0.717) is 25.8 Å². The molecule has 1 aliphatic rings. The number of carbonyl (C=O) groups is 2. The summed E-state index contributed by atoms with van der Waals surface area (Å²) >= 11 is 0. The minimum absolute atomic E-state index is 0.0444. The van der Waals surface area contributed by atoms with Gasteiger partial charge < -0.3 is 10.4 Å². The third-order valence-electron chi connectivity index (χ3n) is 3.07. The summed E-state index contributed by atoms with van der Waals surface area (Å²) in [6.45, 7) is 1.74. The van der Waals surface area contributed by atoms with Crippen molar-refractivity contribution in [2.75, 3.05) is 6.54 Å². The number of carboxylic acids is 1. The highest BCUT2D eigenvalue weighted by Gasteiger charge is 2.30. The molecule has 1 atom stereocenters. The van der Waals surface area contributed by atoms with Crippen molar-refractivity contribution in [3.63, 3.8) is 0 Å². The number of benzene rings is 1. The molecule has 0 amide bonds. The van der Waals surface area contributed by atoms with Gasteiger partial charge in [-0.1, -0.05) is 12.1 Å². The number of halogens is 3. The lowest BCUT2D eigenvalue weighted by Crippen LogP contribution is -2.39. The van der Waals surface area contributed by atoms with Crippen molar-refractivity contribution in [3.05, 3.63) is 35.4 Å². The molecule has 1 aromatic rings. The number of nitrogens with one attached hydrogen (secondary N) is 1. The fourth-order valence-electron chi connectivity index (χ4n) is 2.12. The Balaban J connectivity index is 0.000000541. The SMILES string of the molecule is CC(=O)O.O=C1CCNC(Cc2ccc(C(F)(F)F)cc2)C1. The lowest BCUT2D eigenvalue weighted by Gasteiger charge is -2.22. The number of carbonyl (C=O) groups excluding carboxylic acids is 1. The van der Waals surface area contributed by atoms with Gasteiger partial charge in [0.05, 0.1) is 5.56 Å². The van der Waals surface area contributed by atoms with Crippen LogP contribution in [0.1, 0.15) is 30.9 Å². The van der Waals surface area contributed by atoms with Crippen molar-refractivity contribution in [1.82, 2.24) is 5.32 Å². The van der Waals surface area contributed by atoms with Gasteiger partial charge in [-0.25, -0.2) is 0 Å². The molecule has 1 heterocycles. The molecule has 0 aliphatic carbocycles. The number of Topliss-reactive ketones (excluding diaryl/α,β-unsaturated/α-hetero) is 1. The first kappa shape index (κ1) is 18.2. The van der Waals surface area contributed by atoms with Gasteiger partial charge in [-0.2, -0.15) is 13.2 Å². The van der Waals surface area contributed by atoms with Crippen LogP contribution in [0.15, 0.2) is 24.3 Å². The van der Waals surface area contributed by atoms with Gasteiger partial charge in [-0.3, -0.25) is 9.59 Å². The van der Waals surface area contributed by atoms with E-state index in [4.69, 9.17) is 9.90 Å². The van der Waals surface area contributed by atoms with Gasteiger partial charge in [0, 0.05) is 32.4 Å². The zero-order chi connectivity index (χ0) is 16.8. The maximum atomic E-state index is 12.4. The predicted molar refractivity (Wildman–Crippen MR) is 74.5 cm³/mol. The zero-order valence-electron chi connectivity index (χ0n) is 12.1. The lowest BCUT2D eigenvalue weighted by molar-refractivity contribution is -0.137. The van der Waals surface area contributed by atoms with Crippen LogP contribution in [0.25, 0.3) is 0 Å². The van der Waals surface area contributed by atoms with E-state index in [-0.39, 0.29) is 11.8 Å². The molecule has 1 fully saturated rings. The van der Waals surface area contributed by atoms with Crippen molar-refractivity contribution in [2.45, 2.75) is 38.4 Å². The number of alkyl halides is 3. The Labute approximate surface area is 126 Å². The largest absolute Gasteiger partial charge is 0.481 e. The fourth-order valence-corrected chi connectivity index (χ4v) is 2.12. The summed E-state index contributed by atoms with van der Waals surface area (Å²) in [6.07, 6.45) is -2.70. The molecule has 22 heavy (non-hydrogen) atoms. The van der Waals surface area contributed by atoms with Gasteiger partial charge >= 0.3 is 6.18 Å². The van der Waals surface area contributed by atoms with Crippen molar-refractivity contribution >= 4 is 11.8 Å². The highest BCUT2D eigenvalue weighted by Crippen LogP contribution is 2.29. The summed E-state index contributed by atoms with van der Waals surface area (Å²) in [4.78, 5) is 20.3. The molecular formula is C15H18F3NO3. The zero-order valence-corrected chi connectivity index (χ0v) is 12.1. The molecule has 2 rings (SSSR count). The molecule has 1 aromatic carbocycles. The van der Waals surface area contributed by atoms with Gasteiger partial charge in [0.1, 0.15) is 5.78 Å². The van der Waals surface area contributed by atoms with E-state index in [9.17, 15) is 18.0 Å². The van der Waals surface area contributed by atoms with Crippen LogP contribution in [0.4, 0.5) is 13.2 Å². The Hall–Kier alpha value is -1.89. The summed E-state index contributed by atoms with van der Waals surface area (Å²) in [6, 6.07) is 5.16. The van der Waals surface area contributed by atoms with E-state index in [1.165, 1.54) is 12.1 Å². The van der Waals surface area contributed by atoms with E-state index in [1.54, 1.807) is 0 Å². The average molecular weight is 317 g/mol. The number of rotatable bonds is 2.